The molecule has 0 bridgehead atoms. The number of aryl methyl sites for hydroxylation is 1. The Morgan fingerprint density at radius 2 is 2.05 bits per heavy atom. The summed E-state index contributed by atoms with van der Waals surface area (Å²) in [6, 6.07) is 11.1. The van der Waals surface area contributed by atoms with Crippen molar-refractivity contribution in [1.82, 2.24) is 10.6 Å². The topological polar surface area (TPSA) is 36.4 Å². The smallest absolute Gasteiger partial charge is 0.191 e. The highest BCUT2D eigenvalue weighted by molar-refractivity contribution is 5.80. The molecule has 0 aromatic heterocycles. The molecule has 110 valence electrons. The molecule has 20 heavy (non-hydrogen) atoms. The highest BCUT2D eigenvalue weighted by Gasteiger charge is 2.20. The summed E-state index contributed by atoms with van der Waals surface area (Å²) in [4.78, 5) is 4.66. The molecule has 0 heterocycles. The van der Waals surface area contributed by atoms with Crippen molar-refractivity contribution in [3.8, 4) is 0 Å². The molecule has 1 aromatic rings. The Balaban J connectivity index is 1.75. The van der Waals surface area contributed by atoms with Crippen LogP contribution in [0.2, 0.25) is 0 Å². The lowest BCUT2D eigenvalue weighted by Crippen LogP contribution is -2.42. The van der Waals surface area contributed by atoms with E-state index in [1.807, 2.05) is 0 Å². The van der Waals surface area contributed by atoms with Crippen LogP contribution in [0.15, 0.2) is 35.3 Å². The number of nitrogens with one attached hydrogen (secondary N) is 2. The van der Waals surface area contributed by atoms with Gasteiger partial charge >= 0.3 is 0 Å². The molecular weight excluding hydrogens is 246 g/mol. The summed E-state index contributed by atoms with van der Waals surface area (Å²) >= 11 is 0. The van der Waals surface area contributed by atoms with E-state index >= 15 is 0 Å². The van der Waals surface area contributed by atoms with Gasteiger partial charge in [0.05, 0.1) is 0 Å². The van der Waals surface area contributed by atoms with Gasteiger partial charge < -0.3 is 10.6 Å². The van der Waals surface area contributed by atoms with E-state index in [0.29, 0.717) is 6.04 Å². The van der Waals surface area contributed by atoms with Gasteiger partial charge in [0.15, 0.2) is 5.96 Å². The second-order valence-corrected chi connectivity index (χ2v) is 5.73. The molecule has 0 saturated heterocycles. The molecule has 3 nitrogen and oxygen atoms in total. The van der Waals surface area contributed by atoms with Gasteiger partial charge in [0.25, 0.3) is 0 Å². The highest BCUT2D eigenvalue weighted by Crippen LogP contribution is 2.28. The summed E-state index contributed by atoms with van der Waals surface area (Å²) in [5.41, 5.74) is 1.40. The number of guanidine groups is 1. The Bertz CT molecular complexity index is 410. The van der Waals surface area contributed by atoms with Crippen molar-refractivity contribution in [1.29, 1.82) is 0 Å². The maximum atomic E-state index is 4.66. The normalized spacial score (nSPS) is 16.8. The average Bonchev–Trinajstić information content (AvgIpc) is 3.28. The lowest BCUT2D eigenvalue weighted by atomic mass is 10.1. The van der Waals surface area contributed by atoms with Crippen LogP contribution in [0.5, 0.6) is 0 Å². The molecule has 1 aromatic carbocycles. The Labute approximate surface area is 122 Å². The predicted octanol–water partition coefficient (Wildman–Crippen LogP) is 2.97. The predicted molar refractivity (Wildman–Crippen MR) is 86.1 cm³/mol. The Morgan fingerprint density at radius 1 is 1.30 bits per heavy atom. The molecular formula is C17H27N3. The van der Waals surface area contributed by atoms with Crippen molar-refractivity contribution in [3.05, 3.63) is 35.9 Å². The van der Waals surface area contributed by atoms with Gasteiger partial charge in [0.2, 0.25) is 0 Å². The summed E-state index contributed by atoms with van der Waals surface area (Å²) in [5, 5.41) is 6.84. The van der Waals surface area contributed by atoms with Gasteiger partial charge in [-0.1, -0.05) is 30.3 Å². The van der Waals surface area contributed by atoms with E-state index in [1.165, 1.54) is 18.4 Å². The molecule has 0 aliphatic heterocycles. The quantitative estimate of drug-likeness (QED) is 0.592. The first-order valence-corrected chi connectivity index (χ1v) is 7.86. The zero-order chi connectivity index (χ0) is 14.2. The molecule has 1 atom stereocenters. The van der Waals surface area contributed by atoms with Crippen LogP contribution in [0, 0.1) is 5.92 Å². The fourth-order valence-electron chi connectivity index (χ4n) is 2.17. The van der Waals surface area contributed by atoms with E-state index in [4.69, 9.17) is 0 Å². The first-order chi connectivity index (χ1) is 9.78. The second-order valence-electron chi connectivity index (χ2n) is 5.73. The highest BCUT2D eigenvalue weighted by atomic mass is 15.2. The number of hydrogen-bond acceptors (Lipinski definition) is 1. The van der Waals surface area contributed by atoms with Crippen molar-refractivity contribution in [2.45, 2.75) is 45.6 Å². The minimum absolute atomic E-state index is 0.437. The molecule has 1 aliphatic rings. The molecule has 1 saturated carbocycles. The van der Waals surface area contributed by atoms with Gasteiger partial charge in [0.1, 0.15) is 0 Å². The van der Waals surface area contributed by atoms with Gasteiger partial charge in [-0.3, -0.25) is 4.99 Å². The molecule has 2 N–H and O–H groups in total. The summed E-state index contributed by atoms with van der Waals surface area (Å²) < 4.78 is 0. The van der Waals surface area contributed by atoms with Crippen LogP contribution in [0.1, 0.15) is 38.7 Å². The van der Waals surface area contributed by atoms with Crippen LogP contribution in [-0.2, 0) is 6.42 Å². The zero-order valence-electron chi connectivity index (χ0n) is 12.7. The van der Waals surface area contributed by atoms with Crippen molar-refractivity contribution in [3.63, 3.8) is 0 Å². The van der Waals surface area contributed by atoms with Crippen molar-refractivity contribution < 1.29 is 0 Å². The van der Waals surface area contributed by atoms with Gasteiger partial charge in [-0.25, -0.2) is 0 Å². The van der Waals surface area contributed by atoms with Gasteiger partial charge in [-0.05, 0) is 51.0 Å². The summed E-state index contributed by atoms with van der Waals surface area (Å²) in [6.45, 7) is 6.23. The Morgan fingerprint density at radius 3 is 2.70 bits per heavy atom. The molecule has 0 radical (unpaired) electrons. The lowest BCUT2D eigenvalue weighted by Gasteiger charge is -2.17. The minimum atomic E-state index is 0.437. The molecule has 0 spiro atoms. The van der Waals surface area contributed by atoms with Crippen LogP contribution < -0.4 is 10.6 Å². The SMILES string of the molecule is CCNC(=NCC1CC1)NC(C)CCc1ccccc1. The molecule has 1 aliphatic carbocycles. The Kier molecular flexibility index (Phi) is 5.90. The molecule has 1 fully saturated rings. The van der Waals surface area contributed by atoms with Crippen molar-refractivity contribution in [2.75, 3.05) is 13.1 Å². The number of hydrogen-bond donors (Lipinski definition) is 2. The third kappa shape index (κ3) is 5.64. The molecule has 0 amide bonds. The number of rotatable bonds is 7. The lowest BCUT2D eigenvalue weighted by molar-refractivity contribution is 0.592. The fraction of sp³-hybridized carbons (Fsp3) is 0.588. The van der Waals surface area contributed by atoms with Crippen LogP contribution >= 0.6 is 0 Å². The average molecular weight is 273 g/mol. The van der Waals surface area contributed by atoms with E-state index < -0.39 is 0 Å². The van der Waals surface area contributed by atoms with E-state index in [-0.39, 0.29) is 0 Å². The number of benzene rings is 1. The van der Waals surface area contributed by atoms with E-state index in [1.54, 1.807) is 0 Å². The standard InChI is InChI=1S/C17H27N3/c1-3-18-17(19-13-16-11-12-16)20-14(2)9-10-15-7-5-4-6-8-15/h4-8,14,16H,3,9-13H2,1-2H3,(H2,18,19,20). The van der Waals surface area contributed by atoms with Gasteiger partial charge in [-0.15, -0.1) is 0 Å². The summed E-state index contributed by atoms with van der Waals surface area (Å²) in [7, 11) is 0. The van der Waals surface area contributed by atoms with E-state index in [0.717, 1.165) is 37.8 Å². The third-order valence-electron chi connectivity index (χ3n) is 3.64. The molecule has 3 heteroatoms. The largest absolute Gasteiger partial charge is 0.357 e. The monoisotopic (exact) mass is 273 g/mol. The molecule has 1 unspecified atom stereocenters. The third-order valence-corrected chi connectivity index (χ3v) is 3.64. The van der Waals surface area contributed by atoms with Gasteiger partial charge in [0, 0.05) is 19.1 Å². The first kappa shape index (κ1) is 14.9. The maximum absolute atomic E-state index is 4.66. The summed E-state index contributed by atoms with van der Waals surface area (Å²) in [5.74, 6) is 1.81. The number of nitrogens with zero attached hydrogens (tertiary/aromatic N) is 1. The van der Waals surface area contributed by atoms with Crippen LogP contribution in [-0.4, -0.2) is 25.1 Å². The maximum Gasteiger partial charge on any atom is 0.191 e. The fourth-order valence-corrected chi connectivity index (χ4v) is 2.17. The van der Waals surface area contributed by atoms with Crippen molar-refractivity contribution in [2.24, 2.45) is 10.9 Å². The van der Waals surface area contributed by atoms with Crippen molar-refractivity contribution >= 4 is 5.96 Å². The van der Waals surface area contributed by atoms with Crippen LogP contribution in [0.4, 0.5) is 0 Å². The van der Waals surface area contributed by atoms with Crippen LogP contribution in [0.3, 0.4) is 0 Å². The van der Waals surface area contributed by atoms with Gasteiger partial charge in [-0.2, -0.15) is 0 Å². The Hall–Kier alpha value is -1.51. The number of aliphatic imine (C=N–C) groups is 1. The first-order valence-electron chi connectivity index (χ1n) is 7.86. The van der Waals surface area contributed by atoms with E-state index in [2.05, 4.69) is 59.8 Å². The van der Waals surface area contributed by atoms with Crippen LogP contribution in [0.25, 0.3) is 0 Å². The minimum Gasteiger partial charge on any atom is -0.357 e. The zero-order valence-corrected chi connectivity index (χ0v) is 12.7. The molecule has 2 rings (SSSR count). The van der Waals surface area contributed by atoms with E-state index in [9.17, 15) is 0 Å². The summed E-state index contributed by atoms with van der Waals surface area (Å²) in [6.07, 6.45) is 4.94. The second kappa shape index (κ2) is 7.93.